The van der Waals surface area contributed by atoms with Crippen LogP contribution in [0.15, 0.2) is 0 Å². The van der Waals surface area contributed by atoms with E-state index in [-0.39, 0.29) is 17.9 Å². The predicted molar refractivity (Wildman–Crippen MR) is 89.0 cm³/mol. The maximum absolute atomic E-state index is 12.0. The minimum Gasteiger partial charge on any atom is -0.353 e. The van der Waals surface area contributed by atoms with Gasteiger partial charge in [-0.2, -0.15) is 0 Å². The summed E-state index contributed by atoms with van der Waals surface area (Å²) in [5.41, 5.74) is 0. The van der Waals surface area contributed by atoms with Crippen molar-refractivity contribution in [1.29, 1.82) is 0 Å². The topological polar surface area (TPSA) is 49.4 Å². The first kappa shape index (κ1) is 17.9. The molecule has 0 atom stereocenters. The third-order valence-electron chi connectivity index (χ3n) is 4.86. The van der Waals surface area contributed by atoms with E-state index < -0.39 is 4.84 Å². The number of nitrogens with one attached hydrogen (secondary N) is 1. The Bertz CT molecular complexity index is 376. The summed E-state index contributed by atoms with van der Waals surface area (Å²) >= 11 is 11.2. The molecule has 2 fully saturated rings. The van der Waals surface area contributed by atoms with E-state index in [9.17, 15) is 9.59 Å². The first-order valence-electron chi connectivity index (χ1n) is 8.42. The van der Waals surface area contributed by atoms with Gasteiger partial charge in [-0.3, -0.25) is 9.59 Å². The molecular weight excluding hydrogens is 323 g/mol. The molecule has 1 aliphatic heterocycles. The fraction of sp³-hybridized carbons (Fsp3) is 0.875. The summed E-state index contributed by atoms with van der Waals surface area (Å²) in [5, 5.41) is 3.10. The van der Waals surface area contributed by atoms with Crippen molar-refractivity contribution in [3.8, 4) is 0 Å². The number of piperidine rings is 1. The molecule has 0 spiro atoms. The molecule has 0 radical (unpaired) electrons. The van der Waals surface area contributed by atoms with Crippen molar-refractivity contribution < 1.29 is 9.59 Å². The smallest absolute Gasteiger partial charge is 0.255 e. The van der Waals surface area contributed by atoms with Crippen LogP contribution >= 0.6 is 23.2 Å². The second kappa shape index (κ2) is 8.97. The highest BCUT2D eigenvalue weighted by Crippen LogP contribution is 2.27. The molecule has 1 aliphatic carbocycles. The Balaban J connectivity index is 1.63. The van der Waals surface area contributed by atoms with Gasteiger partial charge in [0, 0.05) is 25.6 Å². The summed E-state index contributed by atoms with van der Waals surface area (Å²) in [6, 6.07) is 0.173. The van der Waals surface area contributed by atoms with Gasteiger partial charge in [-0.25, -0.2) is 0 Å². The Morgan fingerprint density at radius 2 is 1.68 bits per heavy atom. The van der Waals surface area contributed by atoms with Gasteiger partial charge in [0.05, 0.1) is 0 Å². The fourth-order valence-corrected chi connectivity index (χ4v) is 3.77. The number of hydrogen-bond acceptors (Lipinski definition) is 2. The standard InChI is InChI=1S/C16H26Cl2N2O2/c17-15(18)16(22)20-10-8-13(9-11-20)19-14(21)7-6-12-4-2-1-3-5-12/h12-13,15H,1-11H2,(H,19,21). The third-order valence-corrected chi connectivity index (χ3v) is 5.24. The number of rotatable bonds is 5. The second-order valence-corrected chi connectivity index (χ2v) is 7.61. The summed E-state index contributed by atoms with van der Waals surface area (Å²) in [7, 11) is 0. The summed E-state index contributed by atoms with van der Waals surface area (Å²) < 4.78 is 0. The number of carbonyl (C=O) groups excluding carboxylic acids is 2. The Kier molecular flexibility index (Phi) is 7.29. The molecule has 1 saturated heterocycles. The predicted octanol–water partition coefficient (Wildman–Crippen LogP) is 3.26. The molecule has 0 bridgehead atoms. The largest absolute Gasteiger partial charge is 0.353 e. The molecule has 6 heteroatoms. The molecule has 2 amide bonds. The minimum atomic E-state index is -0.985. The lowest BCUT2D eigenvalue weighted by Gasteiger charge is -2.32. The van der Waals surface area contributed by atoms with Gasteiger partial charge < -0.3 is 10.2 Å². The van der Waals surface area contributed by atoms with Crippen LogP contribution in [0.4, 0.5) is 0 Å². The Morgan fingerprint density at radius 3 is 2.27 bits per heavy atom. The zero-order chi connectivity index (χ0) is 15.9. The zero-order valence-corrected chi connectivity index (χ0v) is 14.5. The van der Waals surface area contributed by atoms with Crippen molar-refractivity contribution in [2.24, 2.45) is 5.92 Å². The molecule has 1 heterocycles. The SMILES string of the molecule is O=C(CCC1CCCCC1)NC1CCN(C(=O)C(Cl)Cl)CC1. The number of hydrogen-bond donors (Lipinski definition) is 1. The van der Waals surface area contributed by atoms with Crippen molar-refractivity contribution in [1.82, 2.24) is 10.2 Å². The zero-order valence-electron chi connectivity index (χ0n) is 13.0. The van der Waals surface area contributed by atoms with E-state index in [0.717, 1.165) is 25.2 Å². The van der Waals surface area contributed by atoms with Crippen LogP contribution in [0.5, 0.6) is 0 Å². The van der Waals surface area contributed by atoms with Crippen LogP contribution in [0.25, 0.3) is 0 Å². The molecule has 1 N–H and O–H groups in total. The average molecular weight is 349 g/mol. The van der Waals surface area contributed by atoms with Crippen LogP contribution in [0, 0.1) is 5.92 Å². The van der Waals surface area contributed by atoms with Gasteiger partial charge in [-0.15, -0.1) is 0 Å². The van der Waals surface area contributed by atoms with Gasteiger partial charge in [0.15, 0.2) is 4.84 Å². The molecule has 0 aromatic rings. The Hall–Kier alpha value is -0.480. The number of likely N-dealkylation sites (tertiary alicyclic amines) is 1. The summed E-state index contributed by atoms with van der Waals surface area (Å²) in [6.07, 6.45) is 9.77. The maximum atomic E-state index is 12.0. The fourth-order valence-electron chi connectivity index (χ4n) is 3.49. The number of carbonyl (C=O) groups is 2. The highest BCUT2D eigenvalue weighted by molar-refractivity contribution is 6.53. The Morgan fingerprint density at radius 1 is 1.05 bits per heavy atom. The lowest BCUT2D eigenvalue weighted by Crippen LogP contribution is -2.47. The quantitative estimate of drug-likeness (QED) is 0.775. The first-order valence-corrected chi connectivity index (χ1v) is 9.30. The normalized spacial score (nSPS) is 21.1. The highest BCUT2D eigenvalue weighted by atomic mass is 35.5. The van der Waals surface area contributed by atoms with Crippen LogP contribution < -0.4 is 5.32 Å². The number of nitrogens with zero attached hydrogens (tertiary/aromatic N) is 1. The molecule has 22 heavy (non-hydrogen) atoms. The molecular formula is C16H26Cl2N2O2. The van der Waals surface area contributed by atoms with Gasteiger partial charge in [-0.05, 0) is 25.2 Å². The molecule has 0 unspecified atom stereocenters. The van der Waals surface area contributed by atoms with Crippen molar-refractivity contribution >= 4 is 35.0 Å². The second-order valence-electron chi connectivity index (χ2n) is 6.51. The van der Waals surface area contributed by atoms with Gasteiger partial charge in [0.1, 0.15) is 0 Å². The number of alkyl halides is 2. The minimum absolute atomic E-state index is 0.155. The highest BCUT2D eigenvalue weighted by Gasteiger charge is 2.26. The van der Waals surface area contributed by atoms with E-state index in [1.165, 1.54) is 32.1 Å². The third kappa shape index (κ3) is 5.62. The van der Waals surface area contributed by atoms with E-state index in [1.54, 1.807) is 4.90 Å². The van der Waals surface area contributed by atoms with E-state index in [0.29, 0.717) is 19.5 Å². The summed E-state index contributed by atoms with van der Waals surface area (Å²) in [6.45, 7) is 1.23. The maximum Gasteiger partial charge on any atom is 0.255 e. The van der Waals surface area contributed by atoms with Crippen molar-refractivity contribution in [3.63, 3.8) is 0 Å². The van der Waals surface area contributed by atoms with Crippen molar-refractivity contribution in [2.75, 3.05) is 13.1 Å². The lowest BCUT2D eigenvalue weighted by molar-refractivity contribution is -0.130. The van der Waals surface area contributed by atoms with Crippen LogP contribution in [0.2, 0.25) is 0 Å². The lowest BCUT2D eigenvalue weighted by atomic mass is 9.86. The molecule has 0 aromatic heterocycles. The van der Waals surface area contributed by atoms with Gasteiger partial charge in [0.25, 0.3) is 5.91 Å². The molecule has 1 saturated carbocycles. The molecule has 4 nitrogen and oxygen atoms in total. The van der Waals surface area contributed by atoms with Gasteiger partial charge >= 0.3 is 0 Å². The number of halogens is 2. The molecule has 2 rings (SSSR count). The number of amides is 2. The van der Waals surface area contributed by atoms with E-state index in [2.05, 4.69) is 5.32 Å². The van der Waals surface area contributed by atoms with E-state index >= 15 is 0 Å². The molecule has 0 aromatic carbocycles. The average Bonchev–Trinajstić information content (AvgIpc) is 2.54. The van der Waals surface area contributed by atoms with Crippen LogP contribution in [-0.4, -0.2) is 40.7 Å². The summed E-state index contributed by atoms with van der Waals surface area (Å²) in [4.78, 5) is 24.4. The monoisotopic (exact) mass is 348 g/mol. The van der Waals surface area contributed by atoms with E-state index in [4.69, 9.17) is 23.2 Å². The van der Waals surface area contributed by atoms with Crippen molar-refractivity contribution in [2.45, 2.75) is 68.7 Å². The van der Waals surface area contributed by atoms with Crippen molar-refractivity contribution in [3.05, 3.63) is 0 Å². The Labute approximate surface area is 142 Å². The van der Waals surface area contributed by atoms with Gasteiger partial charge in [-0.1, -0.05) is 55.3 Å². The van der Waals surface area contributed by atoms with E-state index in [1.807, 2.05) is 0 Å². The van der Waals surface area contributed by atoms with Crippen LogP contribution in [-0.2, 0) is 9.59 Å². The van der Waals surface area contributed by atoms with Crippen LogP contribution in [0.1, 0.15) is 57.8 Å². The van der Waals surface area contributed by atoms with Crippen LogP contribution in [0.3, 0.4) is 0 Å². The molecule has 2 aliphatic rings. The first-order chi connectivity index (χ1) is 10.6. The summed E-state index contributed by atoms with van der Waals surface area (Å²) in [5.74, 6) is 0.664. The molecule has 126 valence electrons. The van der Waals surface area contributed by atoms with Gasteiger partial charge in [0.2, 0.25) is 5.91 Å².